The average molecular weight is 693 g/mol. The molecule has 5 atom stereocenters. The van der Waals surface area contributed by atoms with E-state index < -0.39 is 91.8 Å². The van der Waals surface area contributed by atoms with Crippen molar-refractivity contribution in [3.05, 3.63) is 0 Å². The Morgan fingerprint density at radius 1 is 0.614 bits per heavy atom. The molecular formula is C24H36F16O4. The normalized spacial score (nSPS) is 28.8. The van der Waals surface area contributed by atoms with Crippen molar-refractivity contribution in [3.63, 3.8) is 0 Å². The van der Waals surface area contributed by atoms with E-state index in [9.17, 15) is 61.5 Å². The summed E-state index contributed by atoms with van der Waals surface area (Å²) in [6, 6.07) is 0. The summed E-state index contributed by atoms with van der Waals surface area (Å²) < 4.78 is 203. The molecule has 0 aromatic rings. The molecule has 0 aromatic carbocycles. The molecular weight excluding hydrogens is 656 g/mol. The second kappa shape index (κ2) is 15.1. The van der Waals surface area contributed by atoms with Gasteiger partial charge in [0.2, 0.25) is 11.6 Å². The van der Waals surface area contributed by atoms with Crippen molar-refractivity contribution in [2.45, 2.75) is 133 Å². The number of hydrogen-bond acceptors (Lipinski definition) is 4. The predicted octanol–water partition coefficient (Wildman–Crippen LogP) is 9.22. The number of hydrogen-bond donors (Lipinski definition) is 0. The van der Waals surface area contributed by atoms with Crippen LogP contribution in [0, 0.1) is 5.92 Å². The molecule has 0 radical (unpaired) electrons. The molecule has 44 heavy (non-hydrogen) atoms. The lowest BCUT2D eigenvalue weighted by Crippen LogP contribution is -2.71. The van der Waals surface area contributed by atoms with E-state index in [1.54, 1.807) is 0 Å². The van der Waals surface area contributed by atoms with Gasteiger partial charge in [0.1, 0.15) is 0 Å². The van der Waals surface area contributed by atoms with Crippen LogP contribution in [0.25, 0.3) is 0 Å². The van der Waals surface area contributed by atoms with E-state index in [0.717, 1.165) is 0 Å². The third kappa shape index (κ3) is 8.16. The van der Waals surface area contributed by atoms with Gasteiger partial charge in [-0.05, 0) is 45.4 Å². The maximum Gasteiger partial charge on any atom is 0.437 e. The van der Waals surface area contributed by atoms with Crippen LogP contribution in [-0.2, 0) is 18.9 Å². The minimum absolute atomic E-state index is 0. The van der Waals surface area contributed by atoms with E-state index in [2.05, 4.69) is 9.47 Å². The first-order valence-electron chi connectivity index (χ1n) is 13.0. The van der Waals surface area contributed by atoms with Crippen LogP contribution in [-0.4, -0.2) is 73.0 Å². The predicted molar refractivity (Wildman–Crippen MR) is 124 cm³/mol. The molecule has 2 saturated heterocycles. The minimum atomic E-state index is -6.21. The van der Waals surface area contributed by atoms with Crippen molar-refractivity contribution < 1.29 is 89.8 Å². The molecule has 20 heteroatoms. The average Bonchev–Trinajstić information content (AvgIpc) is 3.12. The van der Waals surface area contributed by atoms with Crippen molar-refractivity contribution in [2.75, 3.05) is 13.2 Å². The van der Waals surface area contributed by atoms with Crippen LogP contribution < -0.4 is 0 Å². The van der Waals surface area contributed by atoms with Crippen LogP contribution in [0.15, 0.2) is 0 Å². The van der Waals surface area contributed by atoms with E-state index in [4.69, 9.17) is 9.47 Å². The molecule has 0 spiro atoms. The standard InChI is InChI=1S/2C12H17F7O2.2FH/c1-4-5-20-9(6-7(2)8(3)21-9)10(13,11(14,15)16)12(17,18)19;1-3-7-20-9(6-4-5-8(2)21-9)10(13,11(14,15)16)12(17,18)19;;/h7-8H,4-6H2,1-3H3;8H,3-7H2,1-2H3;2*1H. The van der Waals surface area contributed by atoms with Gasteiger partial charge in [-0.25, -0.2) is 8.78 Å². The van der Waals surface area contributed by atoms with E-state index in [1.807, 2.05) is 0 Å². The van der Waals surface area contributed by atoms with Crippen molar-refractivity contribution >= 4 is 0 Å². The lowest BCUT2D eigenvalue weighted by Gasteiger charge is -2.48. The van der Waals surface area contributed by atoms with E-state index >= 15 is 0 Å². The van der Waals surface area contributed by atoms with Gasteiger partial charge >= 0.3 is 36.0 Å². The van der Waals surface area contributed by atoms with Crippen molar-refractivity contribution in [1.29, 1.82) is 0 Å². The van der Waals surface area contributed by atoms with Gasteiger partial charge in [-0.3, -0.25) is 9.41 Å². The molecule has 0 saturated carbocycles. The molecule has 5 unspecified atom stereocenters. The Bertz CT molecular complexity index is 770. The Morgan fingerprint density at radius 3 is 1.27 bits per heavy atom. The zero-order chi connectivity index (χ0) is 33.2. The molecule has 268 valence electrons. The monoisotopic (exact) mass is 692 g/mol. The fraction of sp³-hybridized carbons (Fsp3) is 1.00. The van der Waals surface area contributed by atoms with Gasteiger partial charge in [0.05, 0.1) is 12.2 Å². The van der Waals surface area contributed by atoms with Gasteiger partial charge in [0.25, 0.3) is 0 Å². The van der Waals surface area contributed by atoms with Gasteiger partial charge in [-0.2, -0.15) is 52.7 Å². The van der Waals surface area contributed by atoms with E-state index in [-0.39, 0.29) is 35.1 Å². The largest absolute Gasteiger partial charge is 0.437 e. The van der Waals surface area contributed by atoms with Crippen LogP contribution in [0.2, 0.25) is 0 Å². The van der Waals surface area contributed by atoms with Crippen molar-refractivity contribution in [3.8, 4) is 0 Å². The molecule has 0 bridgehead atoms. The summed E-state index contributed by atoms with van der Waals surface area (Å²) >= 11 is 0. The van der Waals surface area contributed by atoms with E-state index in [0.29, 0.717) is 0 Å². The number of ether oxygens (including phenoxy) is 4. The molecule has 2 aliphatic rings. The summed E-state index contributed by atoms with van der Waals surface area (Å²) in [6.07, 6.45) is -28.0. The van der Waals surface area contributed by atoms with Gasteiger partial charge in [-0.15, -0.1) is 0 Å². The second-order valence-electron chi connectivity index (χ2n) is 10.3. The number of alkyl halides is 14. The molecule has 4 nitrogen and oxygen atoms in total. The van der Waals surface area contributed by atoms with Gasteiger partial charge in [-0.1, -0.05) is 20.8 Å². The molecule has 2 heterocycles. The quantitative estimate of drug-likeness (QED) is 0.238. The first-order valence-corrected chi connectivity index (χ1v) is 13.0. The van der Waals surface area contributed by atoms with Crippen LogP contribution >= 0.6 is 0 Å². The first-order chi connectivity index (χ1) is 18.7. The Kier molecular flexibility index (Phi) is 15.4. The first kappa shape index (κ1) is 44.8. The van der Waals surface area contributed by atoms with Crippen LogP contribution in [0.5, 0.6) is 0 Å². The van der Waals surface area contributed by atoms with Crippen LogP contribution in [0.3, 0.4) is 0 Å². The zero-order valence-electron chi connectivity index (χ0n) is 24.1. The molecule has 0 N–H and O–H groups in total. The van der Waals surface area contributed by atoms with Gasteiger partial charge < -0.3 is 18.9 Å². The summed E-state index contributed by atoms with van der Waals surface area (Å²) in [5.41, 5.74) is -11.2. The number of halogens is 16. The smallest absolute Gasteiger partial charge is 0.346 e. The maximum absolute atomic E-state index is 14.3. The third-order valence-electron chi connectivity index (χ3n) is 6.97. The zero-order valence-corrected chi connectivity index (χ0v) is 24.1. The Morgan fingerprint density at radius 2 is 0.977 bits per heavy atom. The Balaban J connectivity index is 0. The summed E-state index contributed by atoms with van der Waals surface area (Å²) in [7, 11) is 0. The molecule has 2 aliphatic heterocycles. The SMILES string of the molecule is CCCOC1(C(F)(C(F)(F)F)C(F)(F)F)CC(C)C(C)O1.CCCOC1(C(F)(C(F)(F)F)C(F)(F)F)CCCC(C)O1.F.F. The van der Waals surface area contributed by atoms with Gasteiger partial charge in [0, 0.05) is 26.1 Å². The fourth-order valence-corrected chi connectivity index (χ4v) is 4.71. The second-order valence-corrected chi connectivity index (χ2v) is 10.3. The van der Waals surface area contributed by atoms with Gasteiger partial charge in [0.15, 0.2) is 0 Å². The van der Waals surface area contributed by atoms with Crippen molar-refractivity contribution in [2.24, 2.45) is 5.92 Å². The molecule has 2 fully saturated rings. The summed E-state index contributed by atoms with van der Waals surface area (Å²) in [5.74, 6) is -7.50. The van der Waals surface area contributed by atoms with Crippen molar-refractivity contribution in [1.82, 2.24) is 0 Å². The third-order valence-corrected chi connectivity index (χ3v) is 6.97. The minimum Gasteiger partial charge on any atom is -0.346 e. The fourth-order valence-electron chi connectivity index (χ4n) is 4.71. The number of rotatable bonds is 8. The molecule has 2 rings (SSSR count). The summed E-state index contributed by atoms with van der Waals surface area (Å²) in [4.78, 5) is 0. The molecule has 0 aliphatic carbocycles. The highest BCUT2D eigenvalue weighted by atomic mass is 19.4. The lowest BCUT2D eigenvalue weighted by molar-refractivity contribution is -0.453. The van der Waals surface area contributed by atoms with Crippen LogP contribution in [0.1, 0.15) is 73.1 Å². The topological polar surface area (TPSA) is 36.9 Å². The summed E-state index contributed by atoms with van der Waals surface area (Å²) in [6.45, 7) is 5.99. The maximum atomic E-state index is 14.3. The summed E-state index contributed by atoms with van der Waals surface area (Å²) in [5, 5.41) is 0. The highest BCUT2D eigenvalue weighted by molar-refractivity contribution is 5.10. The Hall–Kier alpha value is -1.28. The van der Waals surface area contributed by atoms with E-state index in [1.165, 1.54) is 34.6 Å². The highest BCUT2D eigenvalue weighted by Crippen LogP contribution is 2.59. The Labute approximate surface area is 242 Å². The highest BCUT2D eigenvalue weighted by Gasteiger charge is 2.85. The molecule has 0 aromatic heterocycles. The lowest BCUT2D eigenvalue weighted by atomic mass is 9.85. The molecule has 0 amide bonds. The van der Waals surface area contributed by atoms with Crippen LogP contribution in [0.4, 0.5) is 70.9 Å².